The standard InChI is InChI=1S/C9H8O3/c1-2-9(10)12-8-5-6-3-4-7(8)11-6/h1,3-4,6-8H,5H2/t6-,7+,8+/m1/s1. The Kier molecular flexibility index (Phi) is 1.63. The van der Waals surface area contributed by atoms with Gasteiger partial charge in [-0.3, -0.25) is 0 Å². The first-order valence-electron chi connectivity index (χ1n) is 3.80. The van der Waals surface area contributed by atoms with Crippen molar-refractivity contribution in [1.29, 1.82) is 0 Å². The molecule has 2 heterocycles. The van der Waals surface area contributed by atoms with E-state index >= 15 is 0 Å². The third-order valence-electron chi connectivity index (χ3n) is 2.05. The summed E-state index contributed by atoms with van der Waals surface area (Å²) in [6.07, 6.45) is 9.34. The van der Waals surface area contributed by atoms with E-state index in [-0.39, 0.29) is 18.3 Å². The third kappa shape index (κ3) is 1.10. The number of hydrogen-bond acceptors (Lipinski definition) is 3. The Balaban J connectivity index is 1.96. The Morgan fingerprint density at radius 3 is 3.00 bits per heavy atom. The van der Waals surface area contributed by atoms with E-state index in [1.807, 2.05) is 18.1 Å². The molecule has 0 radical (unpaired) electrons. The van der Waals surface area contributed by atoms with E-state index in [0.717, 1.165) is 6.42 Å². The van der Waals surface area contributed by atoms with Gasteiger partial charge in [-0.2, -0.15) is 0 Å². The molecule has 0 spiro atoms. The Hall–Kier alpha value is -1.27. The monoisotopic (exact) mass is 164 g/mol. The highest BCUT2D eigenvalue weighted by Crippen LogP contribution is 2.30. The van der Waals surface area contributed by atoms with Crippen molar-refractivity contribution in [3.8, 4) is 12.3 Å². The zero-order valence-electron chi connectivity index (χ0n) is 6.40. The Bertz CT molecular complexity index is 274. The number of carbonyl (C=O) groups excluding carboxylic acids is 1. The number of carbonyl (C=O) groups is 1. The summed E-state index contributed by atoms with van der Waals surface area (Å²) in [5.41, 5.74) is 0. The van der Waals surface area contributed by atoms with Crippen molar-refractivity contribution in [3.05, 3.63) is 12.2 Å². The van der Waals surface area contributed by atoms with Gasteiger partial charge < -0.3 is 9.47 Å². The minimum Gasteiger partial charge on any atom is -0.450 e. The van der Waals surface area contributed by atoms with Crippen molar-refractivity contribution in [3.63, 3.8) is 0 Å². The maximum atomic E-state index is 10.7. The molecule has 1 saturated heterocycles. The van der Waals surface area contributed by atoms with Crippen LogP contribution in [0.25, 0.3) is 0 Å². The van der Waals surface area contributed by atoms with E-state index in [1.165, 1.54) is 0 Å². The van der Waals surface area contributed by atoms with E-state index in [4.69, 9.17) is 15.9 Å². The van der Waals surface area contributed by atoms with Gasteiger partial charge in [0.2, 0.25) is 0 Å². The van der Waals surface area contributed by atoms with Gasteiger partial charge in [0.1, 0.15) is 12.2 Å². The number of fused-ring (bicyclic) bond motifs is 2. The molecule has 0 aromatic rings. The highest BCUT2D eigenvalue weighted by atomic mass is 16.6. The summed E-state index contributed by atoms with van der Waals surface area (Å²) in [6.45, 7) is 0. The van der Waals surface area contributed by atoms with Gasteiger partial charge in [0, 0.05) is 12.3 Å². The first kappa shape index (κ1) is 7.38. The van der Waals surface area contributed by atoms with Gasteiger partial charge in [-0.1, -0.05) is 12.2 Å². The van der Waals surface area contributed by atoms with Crippen LogP contribution in [0.15, 0.2) is 12.2 Å². The maximum Gasteiger partial charge on any atom is 0.384 e. The van der Waals surface area contributed by atoms with E-state index in [9.17, 15) is 4.79 Å². The molecule has 0 aromatic carbocycles. The van der Waals surface area contributed by atoms with Crippen molar-refractivity contribution in [2.24, 2.45) is 0 Å². The van der Waals surface area contributed by atoms with Crippen LogP contribution < -0.4 is 0 Å². The lowest BCUT2D eigenvalue weighted by Crippen LogP contribution is -2.25. The number of ether oxygens (including phenoxy) is 2. The maximum absolute atomic E-state index is 10.7. The molecule has 12 heavy (non-hydrogen) atoms. The predicted molar refractivity (Wildman–Crippen MR) is 41.1 cm³/mol. The minimum absolute atomic E-state index is 0.0766. The normalized spacial score (nSPS) is 36.4. The van der Waals surface area contributed by atoms with Crippen molar-refractivity contribution < 1.29 is 14.3 Å². The average molecular weight is 164 g/mol. The molecule has 1 fully saturated rings. The quantitative estimate of drug-likeness (QED) is 0.241. The van der Waals surface area contributed by atoms with Crippen molar-refractivity contribution in [2.75, 3.05) is 0 Å². The van der Waals surface area contributed by atoms with Crippen LogP contribution in [-0.4, -0.2) is 24.3 Å². The number of hydrogen-bond donors (Lipinski definition) is 0. The molecule has 3 nitrogen and oxygen atoms in total. The van der Waals surface area contributed by atoms with E-state index in [2.05, 4.69) is 0 Å². The van der Waals surface area contributed by atoms with Crippen LogP contribution in [0.4, 0.5) is 0 Å². The summed E-state index contributed by atoms with van der Waals surface area (Å²) in [5, 5.41) is 0. The zero-order chi connectivity index (χ0) is 8.55. The summed E-state index contributed by atoms with van der Waals surface area (Å²) in [4.78, 5) is 10.7. The molecule has 0 N–H and O–H groups in total. The van der Waals surface area contributed by atoms with Crippen LogP contribution in [0.3, 0.4) is 0 Å². The summed E-state index contributed by atoms with van der Waals surface area (Å²) >= 11 is 0. The lowest BCUT2D eigenvalue weighted by Gasteiger charge is -2.13. The van der Waals surface area contributed by atoms with Crippen molar-refractivity contribution >= 4 is 5.97 Å². The lowest BCUT2D eigenvalue weighted by atomic mass is 10.1. The first-order chi connectivity index (χ1) is 5.79. The molecule has 0 amide bonds. The van der Waals surface area contributed by atoms with Gasteiger partial charge in [0.05, 0.1) is 6.10 Å². The van der Waals surface area contributed by atoms with Gasteiger partial charge >= 0.3 is 5.97 Å². The first-order valence-corrected chi connectivity index (χ1v) is 3.80. The summed E-state index contributed by atoms with van der Waals surface area (Å²) in [6, 6.07) is 0. The van der Waals surface area contributed by atoms with E-state index in [0.29, 0.717) is 0 Å². The molecule has 62 valence electrons. The zero-order valence-corrected chi connectivity index (χ0v) is 6.40. The van der Waals surface area contributed by atoms with Crippen LogP contribution in [0.1, 0.15) is 6.42 Å². The van der Waals surface area contributed by atoms with Crippen LogP contribution in [-0.2, 0) is 14.3 Å². The van der Waals surface area contributed by atoms with Crippen LogP contribution in [0, 0.1) is 12.3 Å². The highest BCUT2D eigenvalue weighted by molar-refractivity contribution is 5.87. The van der Waals surface area contributed by atoms with Crippen molar-refractivity contribution in [1.82, 2.24) is 0 Å². The SMILES string of the molecule is C#CC(=O)O[C@H]1C[C@H]2C=C[C@@H]1O2. The molecular weight excluding hydrogens is 156 g/mol. The van der Waals surface area contributed by atoms with Gasteiger partial charge in [-0.05, 0) is 0 Å². The molecular formula is C9H8O3. The number of rotatable bonds is 1. The second-order valence-electron chi connectivity index (χ2n) is 2.85. The lowest BCUT2D eigenvalue weighted by molar-refractivity contribution is -0.143. The molecule has 2 aliphatic heterocycles. The van der Waals surface area contributed by atoms with Crippen molar-refractivity contribution in [2.45, 2.75) is 24.7 Å². The molecule has 2 rings (SSSR count). The van der Waals surface area contributed by atoms with Gasteiger partial charge in [0.25, 0.3) is 0 Å². The van der Waals surface area contributed by atoms with Crippen LogP contribution in [0.5, 0.6) is 0 Å². The fourth-order valence-corrected chi connectivity index (χ4v) is 1.52. The van der Waals surface area contributed by atoms with Crippen LogP contribution in [0.2, 0.25) is 0 Å². The Labute approximate surface area is 70.3 Å². The van der Waals surface area contributed by atoms with Gasteiger partial charge in [-0.25, -0.2) is 4.79 Å². The molecule has 2 bridgehead atoms. The third-order valence-corrected chi connectivity index (χ3v) is 2.05. The van der Waals surface area contributed by atoms with Gasteiger partial charge in [-0.15, -0.1) is 6.42 Å². The van der Waals surface area contributed by atoms with Crippen LogP contribution >= 0.6 is 0 Å². The second-order valence-corrected chi connectivity index (χ2v) is 2.85. The average Bonchev–Trinajstić information content (AvgIpc) is 2.64. The molecule has 0 unspecified atom stereocenters. The molecule has 3 heteroatoms. The highest BCUT2D eigenvalue weighted by Gasteiger charge is 2.38. The largest absolute Gasteiger partial charge is 0.450 e. The molecule has 3 atom stereocenters. The molecule has 0 aliphatic carbocycles. The Morgan fingerprint density at radius 1 is 1.67 bits per heavy atom. The topological polar surface area (TPSA) is 35.5 Å². The molecule has 2 aliphatic rings. The number of esters is 1. The van der Waals surface area contributed by atoms with Gasteiger partial charge in [0.15, 0.2) is 0 Å². The number of terminal acetylenes is 1. The Morgan fingerprint density at radius 2 is 2.50 bits per heavy atom. The molecule has 0 saturated carbocycles. The van der Waals surface area contributed by atoms with E-state index in [1.54, 1.807) is 0 Å². The summed E-state index contributed by atoms with van der Waals surface area (Å²) in [5.74, 6) is 1.30. The predicted octanol–water partition coefficient (Wildman–Crippen LogP) is 0.259. The fraction of sp³-hybridized carbons (Fsp3) is 0.444. The smallest absolute Gasteiger partial charge is 0.384 e. The second kappa shape index (κ2) is 2.65. The summed E-state index contributed by atoms with van der Waals surface area (Å²) < 4.78 is 10.3. The summed E-state index contributed by atoms with van der Waals surface area (Å²) in [7, 11) is 0. The minimum atomic E-state index is -0.607. The van der Waals surface area contributed by atoms with E-state index < -0.39 is 5.97 Å². The fourth-order valence-electron chi connectivity index (χ4n) is 1.52. The molecule has 0 aromatic heterocycles.